The zero-order valence-corrected chi connectivity index (χ0v) is 4.89. The Bertz CT molecular complexity index is 74.5. The van der Waals surface area contributed by atoms with Crippen molar-refractivity contribution < 1.29 is 4.74 Å². The fraction of sp³-hybridized carbons (Fsp3) is 1.00. The van der Waals surface area contributed by atoms with Crippen LogP contribution in [0.2, 0.25) is 0 Å². The summed E-state index contributed by atoms with van der Waals surface area (Å²) >= 11 is 0. The first-order valence-corrected chi connectivity index (χ1v) is 3.25. The second kappa shape index (κ2) is 1.71. The summed E-state index contributed by atoms with van der Waals surface area (Å²) in [5.41, 5.74) is 0. The van der Waals surface area contributed by atoms with Crippen LogP contribution in [0.3, 0.4) is 0 Å². The van der Waals surface area contributed by atoms with Crippen LogP contribution < -0.4 is 5.32 Å². The van der Waals surface area contributed by atoms with Crippen LogP contribution in [0.4, 0.5) is 0 Å². The number of hydrogen-bond donors (Lipinski definition) is 1. The Morgan fingerprint density at radius 2 is 1.75 bits per heavy atom. The van der Waals surface area contributed by atoms with E-state index in [9.17, 15) is 0 Å². The third-order valence-electron chi connectivity index (χ3n) is 2.14. The van der Waals surface area contributed by atoms with Gasteiger partial charge < -0.3 is 10.1 Å². The predicted octanol–water partition coefficient (Wildman–Crippen LogP) is -0.148. The molecule has 2 saturated heterocycles. The van der Waals surface area contributed by atoms with Crippen molar-refractivity contribution in [3.05, 3.63) is 0 Å². The summed E-state index contributed by atoms with van der Waals surface area (Å²) in [5.74, 6) is 1.69. The molecule has 0 aromatic heterocycles. The summed E-state index contributed by atoms with van der Waals surface area (Å²) in [6.45, 7) is 4.37. The minimum atomic E-state index is 0.843. The van der Waals surface area contributed by atoms with Crippen LogP contribution in [-0.2, 0) is 4.74 Å². The highest BCUT2D eigenvalue weighted by Crippen LogP contribution is 2.22. The molecule has 0 saturated carbocycles. The van der Waals surface area contributed by atoms with Crippen molar-refractivity contribution in [3.8, 4) is 0 Å². The molecule has 0 aromatic carbocycles. The molecule has 46 valence electrons. The van der Waals surface area contributed by atoms with Crippen LogP contribution in [0, 0.1) is 11.8 Å². The maximum atomic E-state index is 5.27. The van der Waals surface area contributed by atoms with E-state index in [-0.39, 0.29) is 0 Å². The Balaban J connectivity index is 2.04. The van der Waals surface area contributed by atoms with Gasteiger partial charge in [0.1, 0.15) is 0 Å². The van der Waals surface area contributed by atoms with Crippen LogP contribution in [-0.4, -0.2) is 26.3 Å². The van der Waals surface area contributed by atoms with Gasteiger partial charge in [-0.25, -0.2) is 0 Å². The Hall–Kier alpha value is -0.0800. The number of rotatable bonds is 0. The zero-order valence-electron chi connectivity index (χ0n) is 4.89. The Morgan fingerprint density at radius 3 is 2.38 bits per heavy atom. The van der Waals surface area contributed by atoms with E-state index in [1.54, 1.807) is 0 Å². The molecular weight excluding hydrogens is 102 g/mol. The van der Waals surface area contributed by atoms with E-state index in [1.165, 1.54) is 13.1 Å². The molecular formula is C6H11NO. The molecule has 2 heteroatoms. The summed E-state index contributed by atoms with van der Waals surface area (Å²) in [4.78, 5) is 0. The van der Waals surface area contributed by atoms with Gasteiger partial charge in [-0.05, 0) is 0 Å². The Kier molecular flexibility index (Phi) is 1.02. The molecule has 8 heavy (non-hydrogen) atoms. The summed E-state index contributed by atoms with van der Waals surface area (Å²) in [7, 11) is 0. The number of hydrogen-bond acceptors (Lipinski definition) is 2. The van der Waals surface area contributed by atoms with Gasteiger partial charge >= 0.3 is 0 Å². The van der Waals surface area contributed by atoms with Crippen molar-refractivity contribution in [2.75, 3.05) is 26.3 Å². The van der Waals surface area contributed by atoms with Crippen molar-refractivity contribution in [1.29, 1.82) is 0 Å². The van der Waals surface area contributed by atoms with Crippen LogP contribution in [0.15, 0.2) is 0 Å². The fourth-order valence-electron chi connectivity index (χ4n) is 1.55. The van der Waals surface area contributed by atoms with Gasteiger partial charge in [-0.2, -0.15) is 0 Å². The minimum Gasteiger partial charge on any atom is -0.381 e. The quantitative estimate of drug-likeness (QED) is 0.472. The maximum absolute atomic E-state index is 5.27. The Morgan fingerprint density at radius 1 is 1.12 bits per heavy atom. The molecule has 0 spiro atoms. The summed E-state index contributed by atoms with van der Waals surface area (Å²) in [6.07, 6.45) is 0. The average Bonchev–Trinajstić information content (AvgIpc) is 2.15. The third-order valence-corrected chi connectivity index (χ3v) is 2.14. The molecule has 0 aliphatic carbocycles. The number of fused-ring (bicyclic) bond motifs is 1. The molecule has 0 amide bonds. The number of ether oxygens (including phenoxy) is 1. The van der Waals surface area contributed by atoms with E-state index < -0.39 is 0 Å². The van der Waals surface area contributed by atoms with Crippen molar-refractivity contribution in [1.82, 2.24) is 5.32 Å². The molecule has 2 aliphatic heterocycles. The van der Waals surface area contributed by atoms with Crippen molar-refractivity contribution in [2.24, 2.45) is 11.8 Å². The maximum Gasteiger partial charge on any atom is 0.0510 e. The van der Waals surface area contributed by atoms with Gasteiger partial charge in [0.2, 0.25) is 0 Å². The van der Waals surface area contributed by atoms with E-state index in [4.69, 9.17) is 4.74 Å². The molecule has 2 nitrogen and oxygen atoms in total. The van der Waals surface area contributed by atoms with E-state index in [2.05, 4.69) is 5.32 Å². The van der Waals surface area contributed by atoms with Crippen molar-refractivity contribution >= 4 is 0 Å². The second-order valence-corrected chi connectivity index (χ2v) is 2.72. The summed E-state index contributed by atoms with van der Waals surface area (Å²) < 4.78 is 5.27. The van der Waals surface area contributed by atoms with E-state index in [0.29, 0.717) is 0 Å². The van der Waals surface area contributed by atoms with Crippen LogP contribution in [0.25, 0.3) is 0 Å². The first-order chi connectivity index (χ1) is 3.97. The fourth-order valence-corrected chi connectivity index (χ4v) is 1.55. The molecule has 2 atom stereocenters. The molecule has 2 fully saturated rings. The van der Waals surface area contributed by atoms with Crippen LogP contribution in [0.5, 0.6) is 0 Å². The molecule has 2 aliphatic rings. The molecule has 0 radical (unpaired) electrons. The Labute approximate surface area is 49.2 Å². The first-order valence-electron chi connectivity index (χ1n) is 3.25. The van der Waals surface area contributed by atoms with Crippen LogP contribution in [0.1, 0.15) is 0 Å². The largest absolute Gasteiger partial charge is 0.381 e. The first kappa shape index (κ1) is 4.77. The highest BCUT2D eigenvalue weighted by atomic mass is 16.5. The van der Waals surface area contributed by atoms with E-state index >= 15 is 0 Å². The van der Waals surface area contributed by atoms with Gasteiger partial charge in [0.05, 0.1) is 13.2 Å². The van der Waals surface area contributed by atoms with E-state index in [0.717, 1.165) is 25.0 Å². The average molecular weight is 113 g/mol. The lowest BCUT2D eigenvalue weighted by molar-refractivity contribution is 0.175. The predicted molar refractivity (Wildman–Crippen MR) is 30.7 cm³/mol. The van der Waals surface area contributed by atoms with Gasteiger partial charge in [0, 0.05) is 24.9 Å². The summed E-state index contributed by atoms with van der Waals surface area (Å²) in [5, 5.41) is 3.34. The van der Waals surface area contributed by atoms with Gasteiger partial charge in [-0.3, -0.25) is 0 Å². The zero-order chi connectivity index (χ0) is 5.40. The van der Waals surface area contributed by atoms with E-state index in [1.807, 2.05) is 0 Å². The molecule has 2 heterocycles. The highest BCUT2D eigenvalue weighted by Gasteiger charge is 2.31. The van der Waals surface area contributed by atoms with Gasteiger partial charge in [-0.1, -0.05) is 0 Å². The normalized spacial score (nSPS) is 45.0. The third kappa shape index (κ3) is 0.565. The van der Waals surface area contributed by atoms with Gasteiger partial charge in [0.25, 0.3) is 0 Å². The van der Waals surface area contributed by atoms with Gasteiger partial charge in [0.15, 0.2) is 0 Å². The second-order valence-electron chi connectivity index (χ2n) is 2.72. The lowest BCUT2D eigenvalue weighted by atomic mass is 10.0. The minimum absolute atomic E-state index is 0.843. The molecule has 1 unspecified atom stereocenters. The van der Waals surface area contributed by atoms with Crippen LogP contribution >= 0.6 is 0 Å². The molecule has 2 rings (SSSR count). The molecule has 0 bridgehead atoms. The smallest absolute Gasteiger partial charge is 0.0510 e. The lowest BCUT2D eigenvalue weighted by Gasteiger charge is -1.99. The van der Waals surface area contributed by atoms with Crippen molar-refractivity contribution in [3.63, 3.8) is 0 Å². The topological polar surface area (TPSA) is 21.3 Å². The van der Waals surface area contributed by atoms with Crippen molar-refractivity contribution in [2.45, 2.75) is 0 Å². The number of nitrogens with one attached hydrogen (secondary N) is 1. The monoisotopic (exact) mass is 113 g/mol. The van der Waals surface area contributed by atoms with Gasteiger partial charge in [-0.15, -0.1) is 0 Å². The molecule has 1 N–H and O–H groups in total. The highest BCUT2D eigenvalue weighted by molar-refractivity contribution is 4.84. The lowest BCUT2D eigenvalue weighted by Crippen LogP contribution is -2.11. The summed E-state index contributed by atoms with van der Waals surface area (Å²) in [6, 6.07) is 0. The standard InChI is InChI=1S/C6H11NO/c1-5-3-8-4-6(5)2-7-1/h5-7H,1-4H2/t5-,6?/m0/s1. The molecule has 0 aromatic rings. The SMILES string of the molecule is C1NC[C@H]2COCC12.